The third kappa shape index (κ3) is 3.96. The van der Waals surface area contributed by atoms with Crippen molar-refractivity contribution in [2.75, 3.05) is 5.32 Å². The number of benzene rings is 3. The Morgan fingerprint density at radius 3 is 2.28 bits per heavy atom. The van der Waals surface area contributed by atoms with Crippen LogP contribution in [0, 0.1) is 31.9 Å². The minimum Gasteiger partial charge on any atom is -0.338 e. The van der Waals surface area contributed by atoms with Crippen molar-refractivity contribution in [3.8, 4) is 11.4 Å². The summed E-state index contributed by atoms with van der Waals surface area (Å²) in [7, 11) is 0. The minimum absolute atomic E-state index is 0.0734. The number of hydrogen-bond donors (Lipinski definition) is 2. The van der Waals surface area contributed by atoms with Crippen LogP contribution in [0.3, 0.4) is 0 Å². The predicted molar refractivity (Wildman–Crippen MR) is 109 cm³/mol. The van der Waals surface area contributed by atoms with Crippen molar-refractivity contribution in [2.24, 2.45) is 0 Å². The molecule has 0 aliphatic heterocycles. The first-order valence-corrected chi connectivity index (χ1v) is 8.91. The molecule has 0 aliphatic carbocycles. The predicted octanol–water partition coefficient (Wildman–Crippen LogP) is 4.58. The Balaban J connectivity index is 1.65. The number of carbonyl (C=O) groups excluding carboxylic acids is 1. The molecule has 1 aromatic heterocycles. The monoisotopic (exact) mass is 439 g/mol. The Kier molecular flexibility index (Phi) is 5.02. The topological polar surface area (TPSA) is 144 Å². The lowest BCUT2D eigenvalue weighted by Gasteiger charge is -2.05. The van der Waals surface area contributed by atoms with Crippen molar-refractivity contribution in [3.05, 3.63) is 92.0 Å². The van der Waals surface area contributed by atoms with Crippen molar-refractivity contribution >= 4 is 34.0 Å². The van der Waals surface area contributed by atoms with E-state index in [1.807, 2.05) is 0 Å². The van der Waals surface area contributed by atoms with Gasteiger partial charge in [0.05, 0.1) is 38.1 Å². The van der Waals surface area contributed by atoms with Crippen LogP contribution in [0.15, 0.2) is 54.6 Å². The highest BCUT2D eigenvalue weighted by atomic mass is 19.1. The average Bonchev–Trinajstić information content (AvgIpc) is 3.18. The molecule has 10 nitrogen and oxygen atoms in total. The van der Waals surface area contributed by atoms with Crippen molar-refractivity contribution in [3.63, 3.8) is 0 Å². The van der Waals surface area contributed by atoms with E-state index in [1.54, 1.807) is 0 Å². The largest absolute Gasteiger partial charge is 0.338 e. The molecule has 0 unspecified atom stereocenters. The second-order valence-corrected chi connectivity index (χ2v) is 6.65. The first-order chi connectivity index (χ1) is 15.2. The van der Waals surface area contributed by atoms with Crippen molar-refractivity contribution in [1.82, 2.24) is 9.97 Å². The van der Waals surface area contributed by atoms with Crippen LogP contribution >= 0.6 is 0 Å². The summed E-state index contributed by atoms with van der Waals surface area (Å²) in [4.78, 5) is 39.9. The summed E-state index contributed by atoms with van der Waals surface area (Å²) in [5.41, 5.74) is -0.509. The number of nitro benzene ring substituents is 2. The van der Waals surface area contributed by atoms with Gasteiger partial charge in [0.15, 0.2) is 0 Å². The number of aromatic nitrogens is 2. The van der Waals surface area contributed by atoms with E-state index < -0.39 is 38.8 Å². The lowest BCUT2D eigenvalue weighted by molar-refractivity contribution is -0.394. The van der Waals surface area contributed by atoms with E-state index in [4.69, 9.17) is 0 Å². The fourth-order valence-corrected chi connectivity index (χ4v) is 3.03. The summed E-state index contributed by atoms with van der Waals surface area (Å²) < 4.78 is 27.5. The molecule has 12 heteroatoms. The van der Waals surface area contributed by atoms with E-state index >= 15 is 0 Å². The van der Waals surface area contributed by atoms with E-state index in [2.05, 4.69) is 15.3 Å². The molecular weight excluding hydrogens is 428 g/mol. The molecule has 1 heterocycles. The fraction of sp³-hybridized carbons (Fsp3) is 0. The quantitative estimate of drug-likeness (QED) is 0.344. The molecule has 32 heavy (non-hydrogen) atoms. The van der Waals surface area contributed by atoms with E-state index in [0.717, 1.165) is 36.4 Å². The lowest BCUT2D eigenvalue weighted by atomic mass is 10.1. The average molecular weight is 439 g/mol. The number of nitro groups is 2. The van der Waals surface area contributed by atoms with Gasteiger partial charge in [-0.2, -0.15) is 0 Å². The van der Waals surface area contributed by atoms with E-state index in [1.165, 1.54) is 18.2 Å². The Morgan fingerprint density at radius 1 is 0.938 bits per heavy atom. The number of non-ortho nitro benzene ring substituents is 2. The number of aromatic amines is 1. The maximum Gasteiger partial charge on any atom is 0.277 e. The standard InChI is InChI=1S/C20H11F2N5O5/c21-11-1-3-16(22)15(7-11)19-24-17-4-2-12(8-18(17)25-19)23-20(28)10-5-13(26(29)30)9-14(6-10)27(31)32/h1-9H,(H,23,28)(H,24,25). The Hall–Kier alpha value is -4.74. The van der Waals surface area contributed by atoms with E-state index in [9.17, 15) is 33.8 Å². The third-order valence-electron chi connectivity index (χ3n) is 4.51. The van der Waals surface area contributed by atoms with Crippen LogP contribution in [0.5, 0.6) is 0 Å². The number of nitrogens with zero attached hydrogens (tertiary/aromatic N) is 3. The molecule has 0 saturated carbocycles. The van der Waals surface area contributed by atoms with Crippen LogP contribution in [0.2, 0.25) is 0 Å². The molecule has 4 aromatic rings. The smallest absolute Gasteiger partial charge is 0.277 e. The number of imidazole rings is 1. The van der Waals surface area contributed by atoms with Gasteiger partial charge < -0.3 is 10.3 Å². The SMILES string of the molecule is O=C(Nc1ccc2nc(-c3cc(F)ccc3F)[nH]c2c1)c1cc([N+](=O)[O-])cc([N+](=O)[O-])c1. The first-order valence-electron chi connectivity index (χ1n) is 8.91. The maximum atomic E-state index is 14.0. The molecule has 0 spiro atoms. The van der Waals surface area contributed by atoms with Gasteiger partial charge >= 0.3 is 0 Å². The normalized spacial score (nSPS) is 10.8. The summed E-state index contributed by atoms with van der Waals surface area (Å²) >= 11 is 0. The number of hydrogen-bond acceptors (Lipinski definition) is 6. The maximum absolute atomic E-state index is 14.0. The summed E-state index contributed by atoms with van der Waals surface area (Å²) in [6.07, 6.45) is 0. The molecule has 3 aromatic carbocycles. The molecule has 160 valence electrons. The number of carbonyl (C=O) groups is 1. The third-order valence-corrected chi connectivity index (χ3v) is 4.51. The molecule has 0 radical (unpaired) electrons. The number of halogens is 2. The Bertz CT molecular complexity index is 1390. The molecule has 1 amide bonds. The summed E-state index contributed by atoms with van der Waals surface area (Å²) in [5.74, 6) is -2.05. The number of rotatable bonds is 5. The van der Waals surface area contributed by atoms with Crippen LogP contribution in [0.4, 0.5) is 25.8 Å². The van der Waals surface area contributed by atoms with Crippen molar-refractivity contribution in [2.45, 2.75) is 0 Å². The highest BCUT2D eigenvalue weighted by molar-refractivity contribution is 6.05. The molecule has 0 saturated heterocycles. The van der Waals surface area contributed by atoms with Crippen molar-refractivity contribution < 1.29 is 23.4 Å². The van der Waals surface area contributed by atoms with Crippen LogP contribution < -0.4 is 5.32 Å². The number of amides is 1. The number of anilines is 1. The van der Waals surface area contributed by atoms with Gasteiger partial charge in [0, 0.05) is 17.8 Å². The lowest BCUT2D eigenvalue weighted by Crippen LogP contribution is -2.12. The summed E-state index contributed by atoms with van der Waals surface area (Å²) in [6.45, 7) is 0. The Morgan fingerprint density at radius 2 is 1.62 bits per heavy atom. The van der Waals surface area contributed by atoms with Gasteiger partial charge in [-0.25, -0.2) is 13.8 Å². The zero-order valence-corrected chi connectivity index (χ0v) is 15.8. The minimum atomic E-state index is -0.840. The number of nitrogens with one attached hydrogen (secondary N) is 2. The van der Waals surface area contributed by atoms with Gasteiger partial charge in [0.1, 0.15) is 17.5 Å². The molecule has 0 aliphatic rings. The molecule has 2 N–H and O–H groups in total. The Labute approximate surface area is 176 Å². The second kappa shape index (κ2) is 7.83. The van der Waals surface area contributed by atoms with Crippen LogP contribution in [0.25, 0.3) is 22.4 Å². The summed E-state index contributed by atoms with van der Waals surface area (Å²) in [5, 5.41) is 24.5. The van der Waals surface area contributed by atoms with Gasteiger partial charge in [-0.3, -0.25) is 25.0 Å². The first kappa shape index (κ1) is 20.5. The van der Waals surface area contributed by atoms with Crippen LogP contribution in [0.1, 0.15) is 10.4 Å². The number of H-pyrrole nitrogens is 1. The van der Waals surface area contributed by atoms with Crippen molar-refractivity contribution in [1.29, 1.82) is 0 Å². The van der Waals surface area contributed by atoms with Crippen LogP contribution in [-0.4, -0.2) is 25.7 Å². The molecule has 0 atom stereocenters. The zero-order chi connectivity index (χ0) is 23.0. The van der Waals surface area contributed by atoms with Gasteiger partial charge in [-0.05, 0) is 36.4 Å². The molecular formula is C20H11F2N5O5. The van der Waals surface area contributed by atoms with Gasteiger partial charge in [-0.1, -0.05) is 0 Å². The van der Waals surface area contributed by atoms with Gasteiger partial charge in [0.25, 0.3) is 17.3 Å². The zero-order valence-electron chi connectivity index (χ0n) is 15.8. The second-order valence-electron chi connectivity index (χ2n) is 6.65. The van der Waals surface area contributed by atoms with E-state index in [0.29, 0.717) is 11.0 Å². The van der Waals surface area contributed by atoms with Gasteiger partial charge in [0.2, 0.25) is 0 Å². The highest BCUT2D eigenvalue weighted by Gasteiger charge is 2.20. The number of fused-ring (bicyclic) bond motifs is 1. The highest BCUT2D eigenvalue weighted by Crippen LogP contribution is 2.27. The van der Waals surface area contributed by atoms with Gasteiger partial charge in [-0.15, -0.1) is 0 Å². The van der Waals surface area contributed by atoms with E-state index in [-0.39, 0.29) is 22.6 Å². The fourth-order valence-electron chi connectivity index (χ4n) is 3.03. The molecule has 4 rings (SSSR count). The summed E-state index contributed by atoms with van der Waals surface area (Å²) in [6, 6.07) is 9.98. The molecule has 0 fully saturated rings. The molecule has 0 bridgehead atoms. The van der Waals surface area contributed by atoms with Crippen LogP contribution in [-0.2, 0) is 0 Å².